The Balaban J connectivity index is 1.69. The molecule has 10 heteroatoms. The van der Waals surface area contributed by atoms with Crippen LogP contribution in [0.1, 0.15) is 44.6 Å². The normalized spacial score (nSPS) is 25.3. The summed E-state index contributed by atoms with van der Waals surface area (Å²) in [6.07, 6.45) is 4.06. The fourth-order valence-corrected chi connectivity index (χ4v) is 4.79. The molecule has 1 saturated carbocycles. The number of nitro benzene ring substituents is 1. The largest absolute Gasteiger partial charge is 0.383 e. The molecule has 0 aromatic heterocycles. The first-order chi connectivity index (χ1) is 15.8. The number of hydrogen-bond donors (Lipinski definition) is 2. The van der Waals surface area contributed by atoms with Crippen LogP contribution in [-0.2, 0) is 20.9 Å². The molecule has 182 valence electrons. The minimum atomic E-state index is -0.509. The molecule has 1 aromatic carbocycles. The number of likely N-dealkylation sites (tertiary alicyclic amines) is 1. The summed E-state index contributed by atoms with van der Waals surface area (Å²) in [7, 11) is 1.63. The first kappa shape index (κ1) is 25.1. The fourth-order valence-electron chi connectivity index (χ4n) is 4.79. The summed E-state index contributed by atoms with van der Waals surface area (Å²) in [4.78, 5) is 39.8. The van der Waals surface area contributed by atoms with Crippen LogP contribution in [0.25, 0.3) is 0 Å². The van der Waals surface area contributed by atoms with Crippen LogP contribution < -0.4 is 11.1 Å². The highest BCUT2D eigenvalue weighted by molar-refractivity contribution is 5.87. The highest BCUT2D eigenvalue weighted by Crippen LogP contribution is 2.26. The van der Waals surface area contributed by atoms with Crippen LogP contribution in [-0.4, -0.2) is 77.5 Å². The Morgan fingerprint density at radius 1 is 1.24 bits per heavy atom. The second kappa shape index (κ2) is 11.5. The van der Waals surface area contributed by atoms with Crippen LogP contribution in [0.5, 0.6) is 0 Å². The number of carbonyl (C=O) groups is 2. The molecule has 33 heavy (non-hydrogen) atoms. The van der Waals surface area contributed by atoms with Gasteiger partial charge >= 0.3 is 0 Å². The predicted molar refractivity (Wildman–Crippen MR) is 123 cm³/mol. The number of rotatable bonds is 9. The number of non-ortho nitro benzene ring substituents is 1. The number of hydrogen-bond acceptors (Lipinski definition) is 7. The number of nitro groups is 1. The van der Waals surface area contributed by atoms with E-state index in [0.717, 1.165) is 31.2 Å². The maximum absolute atomic E-state index is 13.1. The number of methoxy groups -OCH3 is 1. The van der Waals surface area contributed by atoms with Crippen molar-refractivity contribution in [3.05, 3.63) is 39.9 Å². The van der Waals surface area contributed by atoms with Gasteiger partial charge in [-0.15, -0.1) is 0 Å². The molecule has 0 radical (unpaired) electrons. The average Bonchev–Trinajstić information content (AvgIpc) is 3.24. The van der Waals surface area contributed by atoms with Crippen molar-refractivity contribution >= 4 is 17.5 Å². The fraction of sp³-hybridized carbons (Fsp3) is 0.652. The molecule has 0 spiro atoms. The van der Waals surface area contributed by atoms with E-state index in [1.807, 2.05) is 0 Å². The lowest BCUT2D eigenvalue weighted by Gasteiger charge is -2.29. The zero-order valence-electron chi connectivity index (χ0n) is 19.4. The summed E-state index contributed by atoms with van der Waals surface area (Å²) in [6, 6.07) is 6.26. The molecule has 3 N–H and O–H groups in total. The highest BCUT2D eigenvalue weighted by atomic mass is 16.6. The van der Waals surface area contributed by atoms with E-state index in [-0.39, 0.29) is 35.6 Å². The van der Waals surface area contributed by atoms with E-state index in [1.165, 1.54) is 19.1 Å². The first-order valence-corrected chi connectivity index (χ1v) is 11.6. The third-order valence-electron chi connectivity index (χ3n) is 6.74. The minimum absolute atomic E-state index is 0.0187. The van der Waals surface area contributed by atoms with E-state index < -0.39 is 11.0 Å². The van der Waals surface area contributed by atoms with Gasteiger partial charge in [0.05, 0.1) is 11.5 Å². The molecule has 2 amide bonds. The molecule has 2 atom stereocenters. The topological polar surface area (TPSA) is 131 Å². The van der Waals surface area contributed by atoms with Gasteiger partial charge in [0.2, 0.25) is 11.8 Å². The van der Waals surface area contributed by atoms with E-state index in [2.05, 4.69) is 10.2 Å². The molecule has 2 aliphatic rings. The molecule has 1 saturated heterocycles. The number of benzene rings is 1. The van der Waals surface area contributed by atoms with Crippen molar-refractivity contribution in [2.45, 2.75) is 69.7 Å². The van der Waals surface area contributed by atoms with Gasteiger partial charge in [-0.2, -0.15) is 0 Å². The van der Waals surface area contributed by atoms with E-state index in [4.69, 9.17) is 10.5 Å². The summed E-state index contributed by atoms with van der Waals surface area (Å²) >= 11 is 0. The van der Waals surface area contributed by atoms with Gasteiger partial charge in [0.15, 0.2) is 0 Å². The van der Waals surface area contributed by atoms with Gasteiger partial charge in [-0.3, -0.25) is 24.6 Å². The standard InChI is InChI=1S/C23H35N5O5/c1-16(29)27-15-21(13-22(27)23(30)25-19-7-5-18(24)6-8-19)26(11-12-33-2)14-17-3-9-20(10-4-17)28(31)32/h3-4,9-10,18-19,21-22H,5-8,11-15,24H2,1-2H3,(H,25,30). The maximum atomic E-state index is 13.1. The Labute approximate surface area is 194 Å². The molecule has 1 aromatic rings. The van der Waals surface area contributed by atoms with E-state index in [1.54, 1.807) is 24.1 Å². The van der Waals surface area contributed by atoms with Gasteiger partial charge in [0, 0.05) is 63.9 Å². The summed E-state index contributed by atoms with van der Waals surface area (Å²) in [5, 5.41) is 14.1. The zero-order chi connectivity index (χ0) is 24.0. The molecule has 0 bridgehead atoms. The Kier molecular flexibility index (Phi) is 8.76. The summed E-state index contributed by atoms with van der Waals surface area (Å²) in [6.45, 7) is 3.63. The number of nitrogens with two attached hydrogens (primary N) is 1. The molecule has 2 unspecified atom stereocenters. The van der Waals surface area contributed by atoms with Crippen LogP contribution in [0.3, 0.4) is 0 Å². The number of nitrogens with zero attached hydrogens (tertiary/aromatic N) is 3. The third kappa shape index (κ3) is 6.72. The number of nitrogens with one attached hydrogen (secondary N) is 1. The average molecular weight is 462 g/mol. The Bertz CT molecular complexity index is 825. The molecule has 1 heterocycles. The van der Waals surface area contributed by atoms with Gasteiger partial charge in [-0.25, -0.2) is 0 Å². The monoisotopic (exact) mass is 461 g/mol. The molecule has 1 aliphatic carbocycles. The lowest BCUT2D eigenvalue weighted by Crippen LogP contribution is -2.49. The SMILES string of the molecule is COCCN(Cc1ccc([N+](=O)[O-])cc1)C1CC(C(=O)NC2CCC(N)CC2)N(C(C)=O)C1. The van der Waals surface area contributed by atoms with Gasteiger partial charge in [-0.05, 0) is 37.7 Å². The molecular formula is C23H35N5O5. The molecule has 10 nitrogen and oxygen atoms in total. The second-order valence-corrected chi connectivity index (χ2v) is 9.08. The second-order valence-electron chi connectivity index (χ2n) is 9.08. The minimum Gasteiger partial charge on any atom is -0.383 e. The number of amides is 2. The zero-order valence-corrected chi connectivity index (χ0v) is 19.4. The quantitative estimate of drug-likeness (QED) is 0.420. The Morgan fingerprint density at radius 3 is 2.48 bits per heavy atom. The van der Waals surface area contributed by atoms with Crippen LogP contribution in [0, 0.1) is 10.1 Å². The summed E-state index contributed by atoms with van der Waals surface area (Å²) in [5.41, 5.74) is 6.95. The number of carbonyl (C=O) groups excluding carboxylic acids is 2. The first-order valence-electron chi connectivity index (χ1n) is 11.6. The van der Waals surface area contributed by atoms with Crippen LogP contribution >= 0.6 is 0 Å². The van der Waals surface area contributed by atoms with Crippen LogP contribution in [0.2, 0.25) is 0 Å². The predicted octanol–water partition coefficient (Wildman–Crippen LogP) is 1.42. The van der Waals surface area contributed by atoms with Gasteiger partial charge in [-0.1, -0.05) is 12.1 Å². The van der Waals surface area contributed by atoms with Crippen molar-refractivity contribution in [1.29, 1.82) is 0 Å². The third-order valence-corrected chi connectivity index (χ3v) is 6.74. The van der Waals surface area contributed by atoms with Crippen molar-refractivity contribution in [2.75, 3.05) is 26.8 Å². The maximum Gasteiger partial charge on any atom is 0.269 e. The summed E-state index contributed by atoms with van der Waals surface area (Å²) < 4.78 is 5.28. The van der Waals surface area contributed by atoms with Crippen molar-refractivity contribution in [3.8, 4) is 0 Å². The van der Waals surface area contributed by atoms with Crippen molar-refractivity contribution in [3.63, 3.8) is 0 Å². The van der Waals surface area contributed by atoms with Crippen molar-refractivity contribution < 1.29 is 19.2 Å². The Morgan fingerprint density at radius 2 is 1.91 bits per heavy atom. The lowest BCUT2D eigenvalue weighted by atomic mass is 9.91. The van der Waals surface area contributed by atoms with Gasteiger partial charge < -0.3 is 20.7 Å². The number of ether oxygens (including phenoxy) is 1. The van der Waals surface area contributed by atoms with Gasteiger partial charge in [0.25, 0.3) is 5.69 Å². The highest BCUT2D eigenvalue weighted by Gasteiger charge is 2.41. The van der Waals surface area contributed by atoms with E-state index in [9.17, 15) is 19.7 Å². The molecule has 2 fully saturated rings. The smallest absolute Gasteiger partial charge is 0.269 e. The molecular weight excluding hydrogens is 426 g/mol. The lowest BCUT2D eigenvalue weighted by molar-refractivity contribution is -0.384. The van der Waals surface area contributed by atoms with Crippen LogP contribution in [0.15, 0.2) is 24.3 Å². The van der Waals surface area contributed by atoms with Crippen molar-refractivity contribution in [2.24, 2.45) is 5.73 Å². The van der Waals surface area contributed by atoms with E-state index in [0.29, 0.717) is 32.7 Å². The van der Waals surface area contributed by atoms with Crippen molar-refractivity contribution in [1.82, 2.24) is 15.1 Å². The molecule has 3 rings (SSSR count). The van der Waals surface area contributed by atoms with Crippen LogP contribution in [0.4, 0.5) is 5.69 Å². The summed E-state index contributed by atoms with van der Waals surface area (Å²) in [5.74, 6) is -0.222. The van der Waals surface area contributed by atoms with Gasteiger partial charge in [0.1, 0.15) is 6.04 Å². The molecule has 1 aliphatic heterocycles. The Hall–Kier alpha value is -2.56. The van der Waals surface area contributed by atoms with E-state index >= 15 is 0 Å².